The first kappa shape index (κ1) is 19.0. The minimum absolute atomic E-state index is 0.0691. The molecule has 2 aliphatic heterocycles. The summed E-state index contributed by atoms with van der Waals surface area (Å²) < 4.78 is 6.11. The Morgan fingerprint density at radius 2 is 1.67 bits per heavy atom. The van der Waals surface area contributed by atoms with Crippen molar-refractivity contribution in [1.29, 1.82) is 0 Å². The molecule has 1 unspecified atom stereocenters. The molecule has 0 radical (unpaired) electrons. The number of aliphatic hydroxyl groups is 1. The number of piperidine rings is 1. The Balaban J connectivity index is 1.54. The van der Waals surface area contributed by atoms with Gasteiger partial charge in [0.25, 0.3) is 0 Å². The Hall–Kier alpha value is -2.95. The summed E-state index contributed by atoms with van der Waals surface area (Å²) in [6.45, 7) is 1.96. The summed E-state index contributed by atoms with van der Waals surface area (Å²) in [6, 6.07) is 23.9. The number of aldehydes is 1. The van der Waals surface area contributed by atoms with Crippen molar-refractivity contribution in [2.24, 2.45) is 0 Å². The zero-order valence-corrected chi connectivity index (χ0v) is 16.8. The van der Waals surface area contributed by atoms with Crippen LogP contribution >= 0.6 is 0 Å². The molecule has 1 N–H and O–H groups in total. The van der Waals surface area contributed by atoms with Gasteiger partial charge in [-0.25, -0.2) is 0 Å². The smallest absolute Gasteiger partial charge is 0.150 e. The van der Waals surface area contributed by atoms with E-state index in [1.807, 2.05) is 60.7 Å². The fraction of sp³-hybridized carbons (Fsp3) is 0.269. The molecule has 0 aliphatic carbocycles. The minimum Gasteiger partial charge on any atom is -0.489 e. The predicted molar refractivity (Wildman–Crippen MR) is 116 cm³/mol. The van der Waals surface area contributed by atoms with E-state index in [1.165, 1.54) is 5.56 Å². The lowest BCUT2D eigenvalue weighted by Gasteiger charge is -2.42. The molecule has 3 aromatic rings. The van der Waals surface area contributed by atoms with E-state index in [9.17, 15) is 9.90 Å². The van der Waals surface area contributed by atoms with Gasteiger partial charge >= 0.3 is 0 Å². The third-order valence-electron chi connectivity index (χ3n) is 6.53. The molecule has 2 heterocycles. The second-order valence-corrected chi connectivity index (χ2v) is 8.20. The normalized spacial score (nSPS) is 20.4. The van der Waals surface area contributed by atoms with E-state index in [2.05, 4.69) is 17.0 Å². The molecule has 0 bridgehead atoms. The molecule has 1 atom stereocenters. The van der Waals surface area contributed by atoms with Crippen molar-refractivity contribution >= 4 is 6.29 Å². The summed E-state index contributed by atoms with van der Waals surface area (Å²) >= 11 is 0. The van der Waals surface area contributed by atoms with Crippen LogP contribution in [-0.2, 0) is 12.2 Å². The first-order valence-corrected chi connectivity index (χ1v) is 10.5. The Kier molecular flexibility index (Phi) is 4.89. The summed E-state index contributed by atoms with van der Waals surface area (Å²) in [6.07, 6.45) is 2.22. The van der Waals surface area contributed by atoms with Crippen molar-refractivity contribution in [3.05, 3.63) is 101 Å². The van der Waals surface area contributed by atoms with Crippen molar-refractivity contribution in [1.82, 2.24) is 4.90 Å². The maximum absolute atomic E-state index is 11.9. The van der Waals surface area contributed by atoms with Gasteiger partial charge in [-0.2, -0.15) is 0 Å². The van der Waals surface area contributed by atoms with Gasteiger partial charge in [0.05, 0.1) is 11.6 Å². The predicted octanol–water partition coefficient (Wildman–Crippen LogP) is 4.46. The van der Waals surface area contributed by atoms with Crippen molar-refractivity contribution in [3.8, 4) is 5.75 Å². The molecule has 0 amide bonds. The van der Waals surface area contributed by atoms with Crippen LogP contribution in [0.15, 0.2) is 72.8 Å². The molecule has 4 nitrogen and oxygen atoms in total. The molecule has 0 aromatic heterocycles. The SMILES string of the molecule is O=Cc1cccc2c1C(N1CCC(O)(c3ccccc3)CC1)c1ccccc1CO2. The van der Waals surface area contributed by atoms with Crippen molar-refractivity contribution in [3.63, 3.8) is 0 Å². The van der Waals surface area contributed by atoms with Gasteiger partial charge in [-0.15, -0.1) is 0 Å². The van der Waals surface area contributed by atoms with Gasteiger partial charge in [0.15, 0.2) is 6.29 Å². The lowest BCUT2D eigenvalue weighted by atomic mass is 9.82. The third-order valence-corrected chi connectivity index (χ3v) is 6.53. The number of hydrogen-bond donors (Lipinski definition) is 1. The Morgan fingerprint density at radius 1 is 0.933 bits per heavy atom. The quantitative estimate of drug-likeness (QED) is 0.661. The van der Waals surface area contributed by atoms with Crippen molar-refractivity contribution in [2.45, 2.75) is 31.1 Å². The largest absolute Gasteiger partial charge is 0.489 e. The summed E-state index contributed by atoms with van der Waals surface area (Å²) in [7, 11) is 0. The maximum atomic E-state index is 11.9. The fourth-order valence-corrected chi connectivity index (χ4v) is 4.89. The molecular formula is C26H25NO3. The number of benzene rings is 3. The van der Waals surface area contributed by atoms with Gasteiger partial charge in [-0.05, 0) is 35.6 Å². The summed E-state index contributed by atoms with van der Waals surface area (Å²) in [5.74, 6) is 0.768. The highest BCUT2D eigenvalue weighted by Gasteiger charge is 2.39. The molecule has 0 saturated carbocycles. The van der Waals surface area contributed by atoms with Gasteiger partial charge < -0.3 is 9.84 Å². The van der Waals surface area contributed by atoms with E-state index < -0.39 is 5.60 Å². The molecule has 30 heavy (non-hydrogen) atoms. The number of carbonyl (C=O) groups is 1. The van der Waals surface area contributed by atoms with Crippen molar-refractivity contribution in [2.75, 3.05) is 13.1 Å². The molecule has 2 aliphatic rings. The van der Waals surface area contributed by atoms with Crippen LogP contribution < -0.4 is 4.74 Å². The number of rotatable bonds is 3. The molecule has 3 aromatic carbocycles. The Morgan fingerprint density at radius 3 is 2.43 bits per heavy atom. The van der Waals surface area contributed by atoms with Crippen LogP contribution in [0.3, 0.4) is 0 Å². The van der Waals surface area contributed by atoms with Crippen LogP contribution in [0.1, 0.15) is 51.5 Å². The fourth-order valence-electron chi connectivity index (χ4n) is 4.89. The monoisotopic (exact) mass is 399 g/mol. The van der Waals surface area contributed by atoms with Gasteiger partial charge in [0, 0.05) is 24.2 Å². The van der Waals surface area contributed by atoms with Crippen LogP contribution in [-0.4, -0.2) is 29.4 Å². The molecule has 152 valence electrons. The summed E-state index contributed by atoms with van der Waals surface area (Å²) in [5, 5.41) is 11.3. The van der Waals surface area contributed by atoms with E-state index >= 15 is 0 Å². The van der Waals surface area contributed by atoms with E-state index in [4.69, 9.17) is 4.74 Å². The molecule has 4 heteroatoms. The zero-order chi connectivity index (χ0) is 20.6. The van der Waals surface area contributed by atoms with Crippen LogP contribution in [0.4, 0.5) is 0 Å². The van der Waals surface area contributed by atoms with Gasteiger partial charge in [0.1, 0.15) is 12.4 Å². The Bertz CT molecular complexity index is 1050. The highest BCUT2D eigenvalue weighted by atomic mass is 16.5. The van der Waals surface area contributed by atoms with Crippen molar-refractivity contribution < 1.29 is 14.6 Å². The number of hydrogen-bond acceptors (Lipinski definition) is 4. The lowest BCUT2D eigenvalue weighted by Crippen LogP contribution is -2.44. The van der Waals surface area contributed by atoms with Crippen LogP contribution in [0, 0.1) is 0 Å². The highest BCUT2D eigenvalue weighted by Crippen LogP contribution is 2.44. The second kappa shape index (κ2) is 7.71. The number of likely N-dealkylation sites (tertiary alicyclic amines) is 1. The average molecular weight is 399 g/mol. The second-order valence-electron chi connectivity index (χ2n) is 8.20. The van der Waals surface area contributed by atoms with Crippen LogP contribution in [0.2, 0.25) is 0 Å². The topological polar surface area (TPSA) is 49.8 Å². The third kappa shape index (κ3) is 3.22. The molecule has 0 spiro atoms. The van der Waals surface area contributed by atoms with E-state index in [0.29, 0.717) is 25.0 Å². The number of nitrogens with zero attached hydrogens (tertiary/aromatic N) is 1. The minimum atomic E-state index is -0.814. The van der Waals surface area contributed by atoms with E-state index in [1.54, 1.807) is 0 Å². The summed E-state index contributed by atoms with van der Waals surface area (Å²) in [5.41, 5.74) is 4.07. The summed E-state index contributed by atoms with van der Waals surface area (Å²) in [4.78, 5) is 14.3. The lowest BCUT2D eigenvalue weighted by molar-refractivity contribution is -0.0325. The number of carbonyl (C=O) groups excluding carboxylic acids is 1. The molecule has 5 rings (SSSR count). The van der Waals surface area contributed by atoms with Gasteiger partial charge in [-0.1, -0.05) is 66.7 Å². The van der Waals surface area contributed by atoms with Gasteiger partial charge in [-0.3, -0.25) is 9.69 Å². The first-order valence-electron chi connectivity index (χ1n) is 10.5. The molecule has 1 saturated heterocycles. The van der Waals surface area contributed by atoms with E-state index in [-0.39, 0.29) is 6.04 Å². The molecular weight excluding hydrogens is 374 g/mol. The standard InChI is InChI=1S/C26H25NO3/c28-17-19-8-6-12-23-24(19)25(22-11-5-4-7-20(22)18-30-23)27-15-13-26(29,14-16-27)21-9-2-1-3-10-21/h1-12,17,25,29H,13-16,18H2. The van der Waals surface area contributed by atoms with Crippen LogP contribution in [0.25, 0.3) is 0 Å². The average Bonchev–Trinajstić information content (AvgIpc) is 2.97. The maximum Gasteiger partial charge on any atom is 0.150 e. The number of ether oxygens (including phenoxy) is 1. The molecule has 1 fully saturated rings. The van der Waals surface area contributed by atoms with Gasteiger partial charge in [0.2, 0.25) is 0 Å². The van der Waals surface area contributed by atoms with E-state index in [0.717, 1.165) is 41.8 Å². The zero-order valence-electron chi connectivity index (χ0n) is 16.8. The Labute approximate surface area is 176 Å². The van der Waals surface area contributed by atoms with Crippen LogP contribution in [0.5, 0.6) is 5.75 Å². The highest BCUT2D eigenvalue weighted by molar-refractivity contribution is 5.80. The first-order chi connectivity index (χ1) is 14.7. The number of fused-ring (bicyclic) bond motifs is 2.